The van der Waals surface area contributed by atoms with E-state index in [1.165, 1.54) is 6.33 Å². The summed E-state index contributed by atoms with van der Waals surface area (Å²) in [7, 11) is 0. The second kappa shape index (κ2) is 1.65. The predicted octanol–water partition coefficient (Wildman–Crippen LogP) is -0.939. The van der Waals surface area contributed by atoms with Gasteiger partial charge in [-0.3, -0.25) is 0 Å². The summed E-state index contributed by atoms with van der Waals surface area (Å²) in [5.41, 5.74) is 0. The summed E-state index contributed by atoms with van der Waals surface area (Å²) < 4.78 is 1.10. The van der Waals surface area contributed by atoms with Crippen molar-refractivity contribution >= 4 is 0 Å². The number of hydrogen-bond donors (Lipinski definition) is 0. The van der Waals surface area contributed by atoms with E-state index in [2.05, 4.69) is 15.5 Å². The molecule has 1 rings (SSSR count). The molecule has 0 N–H and O–H groups in total. The largest absolute Gasteiger partial charge is 0.211 e. The molecule has 0 fully saturated rings. The summed E-state index contributed by atoms with van der Waals surface area (Å²) >= 11 is 0. The zero-order valence-corrected chi connectivity index (χ0v) is 3.48. The number of hydrogen-bond acceptors (Lipinski definition) is 3. The number of aromatic nitrogens is 4. The SMILES string of the molecule is [O]Cn1cnnn1. The van der Waals surface area contributed by atoms with Crippen molar-refractivity contribution in [3.63, 3.8) is 0 Å². The third-order valence-electron chi connectivity index (χ3n) is 0.524. The molecule has 1 aromatic heterocycles. The first-order valence-corrected chi connectivity index (χ1v) is 1.72. The van der Waals surface area contributed by atoms with Crippen molar-refractivity contribution in [3.8, 4) is 0 Å². The van der Waals surface area contributed by atoms with Crippen LogP contribution < -0.4 is 0 Å². The molecular weight excluding hydrogens is 96.0 g/mol. The molecule has 5 heteroatoms. The predicted molar refractivity (Wildman–Crippen MR) is 18.5 cm³/mol. The quantitative estimate of drug-likeness (QED) is 0.456. The molecule has 0 aliphatic carbocycles. The van der Waals surface area contributed by atoms with Crippen LogP contribution in [-0.2, 0) is 11.8 Å². The van der Waals surface area contributed by atoms with Gasteiger partial charge in [0.15, 0.2) is 6.73 Å². The molecule has 0 saturated carbocycles. The van der Waals surface area contributed by atoms with Crippen LogP contribution in [-0.4, -0.2) is 20.2 Å². The Morgan fingerprint density at radius 2 is 2.57 bits per heavy atom. The lowest BCUT2D eigenvalue weighted by molar-refractivity contribution is 0.106. The van der Waals surface area contributed by atoms with Crippen LogP contribution in [0, 0.1) is 0 Å². The maximum absolute atomic E-state index is 9.81. The van der Waals surface area contributed by atoms with Crippen molar-refractivity contribution in [2.75, 3.05) is 0 Å². The van der Waals surface area contributed by atoms with Gasteiger partial charge in [-0.1, -0.05) is 0 Å². The van der Waals surface area contributed by atoms with Gasteiger partial charge in [0.1, 0.15) is 6.33 Å². The van der Waals surface area contributed by atoms with Crippen LogP contribution in [0.5, 0.6) is 0 Å². The van der Waals surface area contributed by atoms with E-state index >= 15 is 0 Å². The summed E-state index contributed by atoms with van der Waals surface area (Å²) in [6.45, 7) is -0.410. The van der Waals surface area contributed by atoms with E-state index in [0.717, 1.165) is 4.68 Å². The first-order chi connectivity index (χ1) is 3.43. The lowest BCUT2D eigenvalue weighted by atomic mass is 11.2. The van der Waals surface area contributed by atoms with Crippen molar-refractivity contribution in [1.29, 1.82) is 0 Å². The van der Waals surface area contributed by atoms with E-state index in [1.807, 2.05) is 0 Å². The van der Waals surface area contributed by atoms with E-state index in [-0.39, 0.29) is 0 Å². The molecule has 0 aromatic carbocycles. The van der Waals surface area contributed by atoms with E-state index in [0.29, 0.717) is 0 Å². The fraction of sp³-hybridized carbons (Fsp3) is 0.500. The standard InChI is InChI=1S/C2H3N4O/c7-2-6-1-3-4-5-6/h1H,2H2. The Hall–Kier alpha value is -0.970. The average Bonchev–Trinajstić information content (AvgIpc) is 2.14. The van der Waals surface area contributed by atoms with Crippen molar-refractivity contribution in [2.45, 2.75) is 6.73 Å². The summed E-state index contributed by atoms with van der Waals surface area (Å²) in [5, 5.41) is 19.5. The monoisotopic (exact) mass is 99.0 g/mol. The normalized spacial score (nSPS) is 9.29. The Labute approximate surface area is 39.6 Å². The van der Waals surface area contributed by atoms with Gasteiger partial charge < -0.3 is 0 Å². The first-order valence-electron chi connectivity index (χ1n) is 1.72. The zero-order chi connectivity index (χ0) is 5.11. The van der Waals surface area contributed by atoms with Crippen molar-refractivity contribution in [1.82, 2.24) is 20.2 Å². The highest BCUT2D eigenvalue weighted by Crippen LogP contribution is 1.68. The molecule has 0 aliphatic heterocycles. The molecule has 0 bridgehead atoms. The highest BCUT2D eigenvalue weighted by molar-refractivity contribution is 4.37. The molecule has 0 aliphatic rings. The van der Waals surface area contributed by atoms with Crippen LogP contribution in [0.3, 0.4) is 0 Å². The molecule has 0 amide bonds. The van der Waals surface area contributed by atoms with Crippen LogP contribution in [0.1, 0.15) is 0 Å². The second-order valence-electron chi connectivity index (χ2n) is 0.978. The van der Waals surface area contributed by atoms with Crippen molar-refractivity contribution in [3.05, 3.63) is 6.33 Å². The van der Waals surface area contributed by atoms with Gasteiger partial charge in [-0.05, 0) is 10.4 Å². The minimum Gasteiger partial charge on any atom is -0.211 e. The van der Waals surface area contributed by atoms with E-state index in [1.54, 1.807) is 0 Å². The topological polar surface area (TPSA) is 63.5 Å². The second-order valence-corrected chi connectivity index (χ2v) is 0.978. The number of nitrogens with zero attached hydrogens (tertiary/aromatic N) is 4. The Kier molecular flexibility index (Phi) is 0.991. The fourth-order valence-corrected chi connectivity index (χ4v) is 0.239. The van der Waals surface area contributed by atoms with Gasteiger partial charge in [0.2, 0.25) is 0 Å². The molecule has 0 atom stereocenters. The molecule has 0 saturated heterocycles. The molecule has 1 radical (unpaired) electrons. The molecule has 7 heavy (non-hydrogen) atoms. The summed E-state index contributed by atoms with van der Waals surface area (Å²) in [6.07, 6.45) is 1.27. The minimum atomic E-state index is -0.410. The summed E-state index contributed by atoms with van der Waals surface area (Å²) in [6, 6.07) is 0. The fourth-order valence-electron chi connectivity index (χ4n) is 0.239. The molecule has 1 aromatic rings. The number of tetrazole rings is 1. The van der Waals surface area contributed by atoms with Crippen LogP contribution >= 0.6 is 0 Å². The minimum absolute atomic E-state index is 0.410. The summed E-state index contributed by atoms with van der Waals surface area (Å²) in [5.74, 6) is 0. The highest BCUT2D eigenvalue weighted by atomic mass is 16.3. The molecular formula is C2H3N4O. The molecule has 0 unspecified atom stereocenters. The molecule has 0 spiro atoms. The van der Waals surface area contributed by atoms with E-state index < -0.39 is 6.73 Å². The molecule has 5 nitrogen and oxygen atoms in total. The third kappa shape index (κ3) is 0.716. The summed E-state index contributed by atoms with van der Waals surface area (Å²) in [4.78, 5) is 0. The average molecular weight is 99.1 g/mol. The van der Waals surface area contributed by atoms with Gasteiger partial charge in [0.25, 0.3) is 0 Å². The van der Waals surface area contributed by atoms with Crippen molar-refractivity contribution < 1.29 is 5.11 Å². The first kappa shape index (κ1) is 4.20. The Balaban J connectivity index is 2.76. The maximum Gasteiger partial charge on any atom is 0.177 e. The highest BCUT2D eigenvalue weighted by Gasteiger charge is 1.83. The van der Waals surface area contributed by atoms with Crippen LogP contribution in [0.25, 0.3) is 0 Å². The van der Waals surface area contributed by atoms with Crippen molar-refractivity contribution in [2.24, 2.45) is 0 Å². The van der Waals surface area contributed by atoms with Gasteiger partial charge in [0, 0.05) is 0 Å². The lowest BCUT2D eigenvalue weighted by Gasteiger charge is -1.79. The van der Waals surface area contributed by atoms with Crippen LogP contribution in [0.4, 0.5) is 0 Å². The smallest absolute Gasteiger partial charge is 0.177 e. The van der Waals surface area contributed by atoms with E-state index in [9.17, 15) is 5.11 Å². The molecule has 37 valence electrons. The zero-order valence-electron chi connectivity index (χ0n) is 3.48. The Morgan fingerprint density at radius 3 is 2.86 bits per heavy atom. The van der Waals surface area contributed by atoms with Crippen LogP contribution in [0.2, 0.25) is 0 Å². The van der Waals surface area contributed by atoms with E-state index in [4.69, 9.17) is 0 Å². The van der Waals surface area contributed by atoms with Crippen LogP contribution in [0.15, 0.2) is 6.33 Å². The number of rotatable bonds is 1. The lowest BCUT2D eigenvalue weighted by Crippen LogP contribution is -1.94. The Bertz CT molecular complexity index is 124. The maximum atomic E-state index is 9.81. The molecule has 1 heterocycles. The third-order valence-corrected chi connectivity index (χ3v) is 0.524. The van der Waals surface area contributed by atoms with Gasteiger partial charge in [-0.25, -0.2) is 9.79 Å². The van der Waals surface area contributed by atoms with Gasteiger partial charge in [0.05, 0.1) is 0 Å². The van der Waals surface area contributed by atoms with Gasteiger partial charge in [-0.15, -0.1) is 5.10 Å². The van der Waals surface area contributed by atoms with Gasteiger partial charge in [-0.2, -0.15) is 0 Å². The van der Waals surface area contributed by atoms with Gasteiger partial charge >= 0.3 is 0 Å². The Morgan fingerprint density at radius 1 is 1.71 bits per heavy atom.